The molecule has 0 atom stereocenters. The van der Waals surface area contributed by atoms with Crippen LogP contribution in [0, 0.1) is 0 Å². The van der Waals surface area contributed by atoms with Gasteiger partial charge in [-0.15, -0.1) is 0 Å². The van der Waals surface area contributed by atoms with E-state index in [0.29, 0.717) is 25.9 Å². The van der Waals surface area contributed by atoms with Gasteiger partial charge in [0.2, 0.25) is 0 Å². The molecule has 1 fully saturated rings. The summed E-state index contributed by atoms with van der Waals surface area (Å²) < 4.78 is 6.30. The topological polar surface area (TPSA) is 41.9 Å². The Hall–Kier alpha value is -1.60. The summed E-state index contributed by atoms with van der Waals surface area (Å²) in [6.45, 7) is 0.289. The van der Waals surface area contributed by atoms with Crippen molar-refractivity contribution in [2.24, 2.45) is 5.10 Å². The summed E-state index contributed by atoms with van der Waals surface area (Å²) in [4.78, 5) is 11.7. The first-order valence-electron chi connectivity index (χ1n) is 7.24. The van der Waals surface area contributed by atoms with Crippen molar-refractivity contribution in [3.8, 4) is 5.75 Å². The molecule has 1 aliphatic rings. The Kier molecular flexibility index (Phi) is 5.96. The standard InChI is InChI=1S/C17H12Cl2N2O2S2/c18-13-6-5-12(14(19)7-13)9-23-15-4-2-1-3-11(15)8-20-21-16(22)10-25-17(21)24/h1-8H,9-10H2/b20-8+. The molecule has 0 unspecified atom stereocenters. The molecule has 2 aromatic rings. The van der Waals surface area contributed by atoms with Crippen LogP contribution in [0.2, 0.25) is 10.0 Å². The first kappa shape index (κ1) is 18.2. The zero-order valence-corrected chi connectivity index (χ0v) is 16.0. The van der Waals surface area contributed by atoms with Crippen molar-refractivity contribution in [2.45, 2.75) is 6.61 Å². The number of halogens is 2. The Labute approximate surface area is 164 Å². The molecule has 2 aromatic carbocycles. The number of ether oxygens (including phenoxy) is 1. The molecule has 0 bridgehead atoms. The molecule has 0 saturated carbocycles. The molecule has 4 nitrogen and oxygen atoms in total. The maximum Gasteiger partial charge on any atom is 0.259 e. The van der Waals surface area contributed by atoms with Gasteiger partial charge in [0.05, 0.1) is 12.0 Å². The van der Waals surface area contributed by atoms with Crippen LogP contribution in [-0.4, -0.2) is 27.2 Å². The van der Waals surface area contributed by atoms with E-state index in [1.54, 1.807) is 18.3 Å². The number of hydrogen-bond donors (Lipinski definition) is 0. The van der Waals surface area contributed by atoms with Crippen LogP contribution in [0.15, 0.2) is 47.6 Å². The number of carbonyl (C=O) groups excluding carboxylic acids is 1. The molecular formula is C17H12Cl2N2O2S2. The second-order valence-electron chi connectivity index (χ2n) is 5.07. The zero-order chi connectivity index (χ0) is 17.8. The molecular weight excluding hydrogens is 399 g/mol. The number of benzene rings is 2. The smallest absolute Gasteiger partial charge is 0.259 e. The lowest BCUT2D eigenvalue weighted by Gasteiger charge is -2.11. The van der Waals surface area contributed by atoms with Gasteiger partial charge in [-0.1, -0.05) is 65.4 Å². The van der Waals surface area contributed by atoms with Gasteiger partial charge < -0.3 is 4.74 Å². The van der Waals surface area contributed by atoms with E-state index >= 15 is 0 Å². The van der Waals surface area contributed by atoms with Crippen molar-refractivity contribution < 1.29 is 9.53 Å². The summed E-state index contributed by atoms with van der Waals surface area (Å²) in [6, 6.07) is 12.6. The fourth-order valence-corrected chi connectivity index (χ4v) is 3.52. The zero-order valence-electron chi connectivity index (χ0n) is 12.8. The number of hydrazone groups is 1. The number of para-hydroxylation sites is 1. The van der Waals surface area contributed by atoms with E-state index in [2.05, 4.69) is 5.10 Å². The van der Waals surface area contributed by atoms with E-state index in [0.717, 1.165) is 11.1 Å². The largest absolute Gasteiger partial charge is 0.488 e. The molecule has 1 saturated heterocycles. The second-order valence-corrected chi connectivity index (χ2v) is 7.52. The Morgan fingerprint density at radius 3 is 2.80 bits per heavy atom. The third-order valence-electron chi connectivity index (χ3n) is 3.36. The van der Waals surface area contributed by atoms with E-state index in [4.69, 9.17) is 40.2 Å². The number of hydrogen-bond acceptors (Lipinski definition) is 5. The summed E-state index contributed by atoms with van der Waals surface area (Å²) >= 11 is 18.5. The Morgan fingerprint density at radius 2 is 2.08 bits per heavy atom. The maximum atomic E-state index is 11.7. The second kappa shape index (κ2) is 8.19. The monoisotopic (exact) mass is 410 g/mol. The van der Waals surface area contributed by atoms with Crippen LogP contribution in [0.4, 0.5) is 0 Å². The van der Waals surface area contributed by atoms with Crippen LogP contribution < -0.4 is 4.74 Å². The average Bonchev–Trinajstić information content (AvgIpc) is 2.91. The number of amides is 1. The average molecular weight is 411 g/mol. The van der Waals surface area contributed by atoms with Gasteiger partial charge in [0.15, 0.2) is 4.32 Å². The Balaban J connectivity index is 1.74. The van der Waals surface area contributed by atoms with E-state index < -0.39 is 0 Å². The highest BCUT2D eigenvalue weighted by Gasteiger charge is 2.26. The van der Waals surface area contributed by atoms with Gasteiger partial charge in [-0.25, -0.2) is 0 Å². The summed E-state index contributed by atoms with van der Waals surface area (Å²) in [5.41, 5.74) is 1.56. The molecule has 0 N–H and O–H groups in total. The van der Waals surface area contributed by atoms with Gasteiger partial charge in [-0.2, -0.15) is 10.1 Å². The van der Waals surface area contributed by atoms with Crippen LogP contribution in [0.5, 0.6) is 5.75 Å². The third-order valence-corrected chi connectivity index (χ3v) is 5.28. The predicted molar refractivity (Wildman–Crippen MR) is 107 cm³/mol. The molecule has 1 aliphatic heterocycles. The molecule has 0 aromatic heterocycles. The molecule has 25 heavy (non-hydrogen) atoms. The minimum Gasteiger partial charge on any atom is -0.488 e. The summed E-state index contributed by atoms with van der Waals surface area (Å²) in [5.74, 6) is 0.823. The Bertz CT molecular complexity index is 842. The normalized spacial score (nSPS) is 14.6. The molecule has 3 rings (SSSR count). The van der Waals surface area contributed by atoms with Crippen molar-refractivity contribution in [3.63, 3.8) is 0 Å². The van der Waals surface area contributed by atoms with Crippen LogP contribution in [0.25, 0.3) is 0 Å². The lowest BCUT2D eigenvalue weighted by molar-refractivity contribution is -0.123. The number of nitrogens with zero attached hydrogens (tertiary/aromatic N) is 2. The lowest BCUT2D eigenvalue weighted by atomic mass is 10.2. The van der Waals surface area contributed by atoms with E-state index in [1.165, 1.54) is 16.8 Å². The molecule has 8 heteroatoms. The maximum absolute atomic E-state index is 11.7. The third kappa shape index (κ3) is 4.52. The molecule has 0 aliphatic carbocycles. The SMILES string of the molecule is O=C1CSC(=S)N1/N=C/c1ccccc1OCc1ccc(Cl)cc1Cl. The summed E-state index contributed by atoms with van der Waals surface area (Å²) in [6.07, 6.45) is 1.56. The molecule has 1 heterocycles. The van der Waals surface area contributed by atoms with Crippen molar-refractivity contribution in [1.82, 2.24) is 5.01 Å². The molecule has 0 spiro atoms. The Morgan fingerprint density at radius 1 is 1.28 bits per heavy atom. The van der Waals surface area contributed by atoms with Crippen molar-refractivity contribution in [2.75, 3.05) is 5.75 Å². The van der Waals surface area contributed by atoms with E-state index in [1.807, 2.05) is 30.3 Å². The van der Waals surface area contributed by atoms with Gasteiger partial charge in [-0.05, 0) is 24.3 Å². The number of carbonyl (C=O) groups is 1. The predicted octanol–water partition coefficient (Wildman–Crippen LogP) is 4.77. The first-order chi connectivity index (χ1) is 12.0. The minimum atomic E-state index is -0.127. The van der Waals surface area contributed by atoms with Gasteiger partial charge in [0.25, 0.3) is 5.91 Å². The lowest BCUT2D eigenvalue weighted by Crippen LogP contribution is -2.22. The number of rotatable bonds is 5. The van der Waals surface area contributed by atoms with E-state index in [-0.39, 0.29) is 12.5 Å². The van der Waals surface area contributed by atoms with Crippen LogP contribution in [0.3, 0.4) is 0 Å². The van der Waals surface area contributed by atoms with Crippen molar-refractivity contribution in [1.29, 1.82) is 0 Å². The van der Waals surface area contributed by atoms with Gasteiger partial charge in [-0.3, -0.25) is 4.79 Å². The van der Waals surface area contributed by atoms with E-state index in [9.17, 15) is 4.79 Å². The van der Waals surface area contributed by atoms with Gasteiger partial charge in [0.1, 0.15) is 12.4 Å². The highest BCUT2D eigenvalue weighted by molar-refractivity contribution is 8.23. The number of thiocarbonyl (C=S) groups is 1. The molecule has 1 amide bonds. The van der Waals surface area contributed by atoms with Crippen LogP contribution in [0.1, 0.15) is 11.1 Å². The fourth-order valence-electron chi connectivity index (χ4n) is 2.09. The van der Waals surface area contributed by atoms with Gasteiger partial charge >= 0.3 is 0 Å². The molecule has 128 valence electrons. The summed E-state index contributed by atoms with van der Waals surface area (Å²) in [7, 11) is 0. The number of thioether (sulfide) groups is 1. The highest BCUT2D eigenvalue weighted by atomic mass is 35.5. The quantitative estimate of drug-likeness (QED) is 0.525. The highest BCUT2D eigenvalue weighted by Crippen LogP contribution is 2.24. The van der Waals surface area contributed by atoms with Crippen LogP contribution in [-0.2, 0) is 11.4 Å². The first-order valence-corrected chi connectivity index (χ1v) is 9.39. The fraction of sp³-hybridized carbons (Fsp3) is 0.118. The van der Waals surface area contributed by atoms with Crippen molar-refractivity contribution >= 4 is 63.6 Å². The van der Waals surface area contributed by atoms with Gasteiger partial charge in [0, 0.05) is 21.2 Å². The van der Waals surface area contributed by atoms with Crippen molar-refractivity contribution in [3.05, 3.63) is 63.6 Å². The molecule has 0 radical (unpaired) electrons. The minimum absolute atomic E-state index is 0.127. The summed E-state index contributed by atoms with van der Waals surface area (Å²) in [5, 5.41) is 6.52. The van der Waals surface area contributed by atoms with Crippen LogP contribution >= 0.6 is 47.2 Å².